The van der Waals surface area contributed by atoms with Crippen molar-refractivity contribution >= 4 is 0 Å². The number of methoxy groups -OCH3 is 1. The van der Waals surface area contributed by atoms with Crippen LogP contribution in [0.1, 0.15) is 38.5 Å². The minimum absolute atomic E-state index is 0.524. The first-order valence-corrected chi connectivity index (χ1v) is 6.87. The summed E-state index contributed by atoms with van der Waals surface area (Å²) in [7, 11) is 1.82. The van der Waals surface area contributed by atoms with Crippen molar-refractivity contribution < 1.29 is 4.74 Å². The van der Waals surface area contributed by atoms with Crippen LogP contribution in [-0.4, -0.2) is 50.3 Å². The van der Waals surface area contributed by atoms with E-state index < -0.39 is 0 Å². The van der Waals surface area contributed by atoms with Crippen molar-refractivity contribution in [3.63, 3.8) is 0 Å². The monoisotopic (exact) mass is 226 g/mol. The summed E-state index contributed by atoms with van der Waals surface area (Å²) in [4.78, 5) is 2.62. The fourth-order valence-electron chi connectivity index (χ4n) is 2.71. The van der Waals surface area contributed by atoms with Crippen molar-refractivity contribution in [3.8, 4) is 0 Å². The van der Waals surface area contributed by atoms with Crippen LogP contribution in [0.3, 0.4) is 0 Å². The van der Waals surface area contributed by atoms with Gasteiger partial charge >= 0.3 is 0 Å². The summed E-state index contributed by atoms with van der Waals surface area (Å²) in [6, 6.07) is 0.719. The molecule has 0 bridgehead atoms. The molecular formula is C13H26N2O. The SMILES string of the molecule is COC1CC(NCCN2CCCCCC2)C1. The predicted molar refractivity (Wildman–Crippen MR) is 66.7 cm³/mol. The van der Waals surface area contributed by atoms with Crippen molar-refractivity contribution in [2.75, 3.05) is 33.3 Å². The van der Waals surface area contributed by atoms with Crippen LogP contribution in [0.4, 0.5) is 0 Å². The largest absolute Gasteiger partial charge is 0.381 e. The van der Waals surface area contributed by atoms with Gasteiger partial charge in [-0.05, 0) is 38.8 Å². The standard InChI is InChI=1S/C13H26N2O/c1-16-13-10-12(11-13)14-6-9-15-7-4-2-3-5-8-15/h12-14H,2-11H2,1H3. The van der Waals surface area contributed by atoms with Gasteiger partial charge in [0.05, 0.1) is 6.10 Å². The Bertz CT molecular complexity index is 184. The summed E-state index contributed by atoms with van der Waals surface area (Å²) < 4.78 is 5.28. The van der Waals surface area contributed by atoms with E-state index in [9.17, 15) is 0 Å². The van der Waals surface area contributed by atoms with E-state index in [4.69, 9.17) is 4.74 Å². The van der Waals surface area contributed by atoms with Crippen LogP contribution < -0.4 is 5.32 Å². The minimum Gasteiger partial charge on any atom is -0.381 e. The van der Waals surface area contributed by atoms with Crippen LogP contribution in [-0.2, 0) is 4.74 Å². The summed E-state index contributed by atoms with van der Waals surface area (Å²) in [5.74, 6) is 0. The number of hydrogen-bond acceptors (Lipinski definition) is 3. The Hall–Kier alpha value is -0.120. The predicted octanol–water partition coefficient (Wildman–Crippen LogP) is 1.63. The molecule has 1 N–H and O–H groups in total. The molecule has 3 nitrogen and oxygen atoms in total. The van der Waals surface area contributed by atoms with Gasteiger partial charge in [-0.25, -0.2) is 0 Å². The highest BCUT2D eigenvalue weighted by molar-refractivity contribution is 4.85. The Morgan fingerprint density at radius 2 is 1.81 bits per heavy atom. The van der Waals surface area contributed by atoms with Crippen molar-refractivity contribution in [1.29, 1.82) is 0 Å². The molecule has 0 aromatic heterocycles. The number of ether oxygens (including phenoxy) is 1. The third kappa shape index (κ3) is 3.72. The molecule has 0 aromatic carbocycles. The lowest BCUT2D eigenvalue weighted by molar-refractivity contribution is 0.0170. The first-order valence-electron chi connectivity index (χ1n) is 6.87. The maximum absolute atomic E-state index is 5.28. The normalized spacial score (nSPS) is 32.1. The van der Waals surface area contributed by atoms with Crippen LogP contribution in [0.25, 0.3) is 0 Å². The lowest BCUT2D eigenvalue weighted by Gasteiger charge is -2.35. The zero-order valence-corrected chi connectivity index (χ0v) is 10.6. The van der Waals surface area contributed by atoms with Gasteiger partial charge in [0.1, 0.15) is 0 Å². The van der Waals surface area contributed by atoms with E-state index in [-0.39, 0.29) is 0 Å². The van der Waals surface area contributed by atoms with Gasteiger partial charge in [-0.2, -0.15) is 0 Å². The molecule has 0 unspecified atom stereocenters. The highest BCUT2D eigenvalue weighted by Gasteiger charge is 2.28. The van der Waals surface area contributed by atoms with E-state index in [1.54, 1.807) is 0 Å². The molecule has 1 saturated carbocycles. The molecule has 1 aliphatic heterocycles. The van der Waals surface area contributed by atoms with E-state index in [0.717, 1.165) is 12.6 Å². The quantitative estimate of drug-likeness (QED) is 0.771. The Labute approximate surface area is 99.5 Å². The summed E-state index contributed by atoms with van der Waals surface area (Å²) in [5.41, 5.74) is 0. The first-order chi connectivity index (χ1) is 7.88. The molecule has 1 saturated heterocycles. The molecule has 2 aliphatic rings. The average Bonchev–Trinajstić information content (AvgIpc) is 2.50. The third-order valence-corrected chi connectivity index (χ3v) is 3.99. The Balaban J connectivity index is 1.51. The number of nitrogens with one attached hydrogen (secondary N) is 1. The van der Waals surface area contributed by atoms with Crippen LogP contribution in [0.15, 0.2) is 0 Å². The Morgan fingerprint density at radius 3 is 2.44 bits per heavy atom. The van der Waals surface area contributed by atoms with Crippen molar-refractivity contribution in [2.24, 2.45) is 0 Å². The van der Waals surface area contributed by atoms with Gasteiger partial charge in [0.25, 0.3) is 0 Å². The van der Waals surface area contributed by atoms with E-state index in [1.807, 2.05) is 7.11 Å². The van der Waals surface area contributed by atoms with Crippen LogP contribution in [0, 0.1) is 0 Å². The first kappa shape index (κ1) is 12.3. The molecule has 2 rings (SSSR count). The van der Waals surface area contributed by atoms with Gasteiger partial charge in [-0.3, -0.25) is 0 Å². The van der Waals surface area contributed by atoms with E-state index >= 15 is 0 Å². The fourth-order valence-corrected chi connectivity index (χ4v) is 2.71. The van der Waals surface area contributed by atoms with Crippen molar-refractivity contribution in [1.82, 2.24) is 10.2 Å². The summed E-state index contributed by atoms with van der Waals surface area (Å²) in [6.45, 7) is 5.01. The number of rotatable bonds is 5. The topological polar surface area (TPSA) is 24.5 Å². The molecule has 2 fully saturated rings. The third-order valence-electron chi connectivity index (χ3n) is 3.99. The molecule has 3 heteroatoms. The highest BCUT2D eigenvalue weighted by atomic mass is 16.5. The van der Waals surface area contributed by atoms with Gasteiger partial charge in [0, 0.05) is 26.2 Å². The second-order valence-electron chi connectivity index (χ2n) is 5.24. The number of likely N-dealkylation sites (tertiary alicyclic amines) is 1. The molecule has 0 radical (unpaired) electrons. The Morgan fingerprint density at radius 1 is 1.12 bits per heavy atom. The van der Waals surface area contributed by atoms with E-state index in [1.165, 1.54) is 58.2 Å². The molecule has 0 spiro atoms. The van der Waals surface area contributed by atoms with E-state index in [0.29, 0.717) is 6.10 Å². The van der Waals surface area contributed by atoms with Crippen LogP contribution in [0.2, 0.25) is 0 Å². The van der Waals surface area contributed by atoms with E-state index in [2.05, 4.69) is 10.2 Å². The maximum Gasteiger partial charge on any atom is 0.0601 e. The lowest BCUT2D eigenvalue weighted by atomic mass is 9.89. The van der Waals surface area contributed by atoms with Gasteiger partial charge in [-0.15, -0.1) is 0 Å². The number of hydrogen-bond donors (Lipinski definition) is 1. The van der Waals surface area contributed by atoms with Crippen molar-refractivity contribution in [2.45, 2.75) is 50.7 Å². The van der Waals surface area contributed by atoms with Gasteiger partial charge in [0.15, 0.2) is 0 Å². The molecule has 1 heterocycles. The van der Waals surface area contributed by atoms with Crippen LogP contribution in [0.5, 0.6) is 0 Å². The molecule has 94 valence electrons. The molecule has 0 amide bonds. The molecular weight excluding hydrogens is 200 g/mol. The molecule has 0 atom stereocenters. The Kier molecular flexibility index (Phi) is 5.07. The number of nitrogens with zero attached hydrogens (tertiary/aromatic N) is 1. The molecule has 16 heavy (non-hydrogen) atoms. The summed E-state index contributed by atoms with van der Waals surface area (Å²) in [5, 5.41) is 3.63. The second-order valence-corrected chi connectivity index (χ2v) is 5.24. The molecule has 0 aromatic rings. The second kappa shape index (κ2) is 6.58. The van der Waals surface area contributed by atoms with Gasteiger partial charge < -0.3 is 15.0 Å². The minimum atomic E-state index is 0.524. The fraction of sp³-hybridized carbons (Fsp3) is 1.00. The van der Waals surface area contributed by atoms with Gasteiger partial charge in [0.2, 0.25) is 0 Å². The maximum atomic E-state index is 5.28. The average molecular weight is 226 g/mol. The zero-order valence-electron chi connectivity index (χ0n) is 10.6. The molecule has 1 aliphatic carbocycles. The van der Waals surface area contributed by atoms with Crippen molar-refractivity contribution in [3.05, 3.63) is 0 Å². The smallest absolute Gasteiger partial charge is 0.0601 e. The zero-order chi connectivity index (χ0) is 11.2. The summed E-state index contributed by atoms with van der Waals surface area (Å²) in [6.07, 6.45) is 8.59. The van der Waals surface area contributed by atoms with Gasteiger partial charge in [-0.1, -0.05) is 12.8 Å². The summed E-state index contributed by atoms with van der Waals surface area (Å²) >= 11 is 0. The highest BCUT2D eigenvalue weighted by Crippen LogP contribution is 2.22. The lowest BCUT2D eigenvalue weighted by Crippen LogP contribution is -2.47. The van der Waals surface area contributed by atoms with Crippen LogP contribution >= 0.6 is 0 Å².